The zero-order valence-corrected chi connectivity index (χ0v) is 30.0. The number of nitrogens with zero attached hydrogens (tertiary/aromatic N) is 1. The van der Waals surface area contributed by atoms with Crippen molar-refractivity contribution in [2.24, 2.45) is 5.41 Å². The minimum Gasteiger partial charge on any atom is -0.496 e. The Balaban J connectivity index is 3.06. The van der Waals surface area contributed by atoms with Crippen LogP contribution in [0.2, 0.25) is 0 Å². The number of methoxy groups -OCH3 is 3. The number of rotatable bonds is 25. The van der Waals surface area contributed by atoms with Crippen LogP contribution in [-0.2, 0) is 24.9 Å². The lowest BCUT2D eigenvalue weighted by Gasteiger charge is -2.26. The molecule has 1 amide bonds. The molecule has 0 aliphatic carbocycles. The van der Waals surface area contributed by atoms with E-state index in [-0.39, 0.29) is 5.75 Å². The van der Waals surface area contributed by atoms with Crippen molar-refractivity contribution in [3.05, 3.63) is 63.9 Å². The molecule has 47 heavy (non-hydrogen) atoms. The van der Waals surface area contributed by atoms with E-state index >= 15 is 0 Å². The van der Waals surface area contributed by atoms with Gasteiger partial charge in [0.15, 0.2) is 0 Å². The fourth-order valence-corrected chi connectivity index (χ4v) is 5.46. The van der Waals surface area contributed by atoms with Gasteiger partial charge in [-0.15, -0.1) is 10.1 Å². The predicted octanol–water partition coefficient (Wildman–Crippen LogP) is 7.76. The second kappa shape index (κ2) is 23.6. The van der Waals surface area contributed by atoms with E-state index < -0.39 is 35.0 Å². The van der Waals surface area contributed by atoms with E-state index in [0.29, 0.717) is 28.8 Å². The van der Waals surface area contributed by atoms with Crippen molar-refractivity contribution in [1.82, 2.24) is 5.32 Å². The van der Waals surface area contributed by atoms with E-state index in [1.807, 2.05) is 19.1 Å². The first-order valence-electron chi connectivity index (χ1n) is 16.2. The van der Waals surface area contributed by atoms with Crippen LogP contribution in [-0.4, -0.2) is 56.7 Å². The van der Waals surface area contributed by atoms with Gasteiger partial charge in [-0.3, -0.25) is 4.79 Å². The molecule has 12 heteroatoms. The summed E-state index contributed by atoms with van der Waals surface area (Å²) in [5.41, 5.74) is -0.547. The van der Waals surface area contributed by atoms with Crippen LogP contribution < -0.4 is 19.5 Å². The highest BCUT2D eigenvalue weighted by Crippen LogP contribution is 2.36. The second-order valence-electron chi connectivity index (χ2n) is 11.6. The van der Waals surface area contributed by atoms with Crippen LogP contribution in [0.4, 0.5) is 0 Å². The molecule has 0 aliphatic rings. The molecule has 0 saturated carbocycles. The molecule has 0 bridgehead atoms. The Labute approximate surface area is 284 Å². The van der Waals surface area contributed by atoms with Gasteiger partial charge >= 0.3 is 5.97 Å². The van der Waals surface area contributed by atoms with Crippen LogP contribution in [0, 0.1) is 15.5 Å². The smallest absolute Gasteiger partial charge is 0.334 e. The van der Waals surface area contributed by atoms with Gasteiger partial charge in [0.1, 0.15) is 35.7 Å². The van der Waals surface area contributed by atoms with Crippen molar-refractivity contribution in [1.29, 1.82) is 0 Å². The highest BCUT2D eigenvalue weighted by atomic mass is 32.2. The van der Waals surface area contributed by atoms with Crippen LogP contribution in [0.5, 0.6) is 17.2 Å². The topological polar surface area (TPSA) is 135 Å². The highest BCUT2D eigenvalue weighted by molar-refractivity contribution is 7.98. The molecule has 0 saturated heterocycles. The number of nitrogens with one attached hydrogen (secondary N) is 1. The van der Waals surface area contributed by atoms with Crippen molar-refractivity contribution in [2.75, 3.05) is 33.7 Å². The lowest BCUT2D eigenvalue weighted by atomic mass is 9.93. The van der Waals surface area contributed by atoms with Gasteiger partial charge in [0.05, 0.1) is 26.7 Å². The molecule has 1 unspecified atom stereocenters. The maximum atomic E-state index is 13.5. The van der Waals surface area contributed by atoms with E-state index in [2.05, 4.69) is 17.1 Å². The molecule has 1 atom stereocenters. The molecule has 1 aromatic rings. The Morgan fingerprint density at radius 1 is 1.00 bits per heavy atom. The first kappa shape index (κ1) is 41.4. The molecule has 11 nitrogen and oxygen atoms in total. The van der Waals surface area contributed by atoms with Gasteiger partial charge < -0.3 is 29.1 Å². The maximum absolute atomic E-state index is 13.5. The van der Waals surface area contributed by atoms with E-state index in [4.69, 9.17) is 18.9 Å². The summed E-state index contributed by atoms with van der Waals surface area (Å²) in [6, 6.07) is 2.40. The van der Waals surface area contributed by atoms with Crippen LogP contribution in [0.25, 0.3) is 0 Å². The molecule has 0 fully saturated rings. The van der Waals surface area contributed by atoms with Crippen molar-refractivity contribution in [2.45, 2.75) is 97.3 Å². The van der Waals surface area contributed by atoms with Crippen LogP contribution in [0.3, 0.4) is 0 Å². The number of carbonyl (C=O) groups is 2. The first-order valence-corrected chi connectivity index (χ1v) is 17.3. The van der Waals surface area contributed by atoms with Crippen LogP contribution in [0.15, 0.2) is 48.3 Å². The normalized spacial score (nSPS) is 12.6. The number of ether oxygens (including phenoxy) is 4. The zero-order chi connectivity index (χ0) is 35.1. The number of hydrogen-bond acceptors (Lipinski definition) is 10. The molecule has 0 radical (unpaired) electrons. The summed E-state index contributed by atoms with van der Waals surface area (Å²) >= 11 is 1.36. The monoisotopic (exact) mass is 678 g/mol. The molecular weight excluding hydrogens is 624 g/mol. The first-order chi connectivity index (χ1) is 22.5. The zero-order valence-electron chi connectivity index (χ0n) is 29.1. The van der Waals surface area contributed by atoms with Crippen molar-refractivity contribution in [3.8, 4) is 17.2 Å². The molecule has 0 aliphatic heterocycles. The third-order valence-electron chi connectivity index (χ3n) is 7.26. The number of benzene rings is 1. The number of carbonyl (C=O) groups excluding carboxylic acids is 2. The summed E-state index contributed by atoms with van der Waals surface area (Å²) in [6.45, 7) is 6.60. The largest absolute Gasteiger partial charge is 0.496 e. The Hall–Kier alpha value is -3.67. The number of hydrogen-bond donors (Lipinski definition) is 1. The van der Waals surface area contributed by atoms with E-state index in [1.165, 1.54) is 64.1 Å². The summed E-state index contributed by atoms with van der Waals surface area (Å²) in [7, 11) is 4.63. The average Bonchev–Trinajstić information content (AvgIpc) is 3.05. The Morgan fingerprint density at radius 2 is 1.62 bits per heavy atom. The van der Waals surface area contributed by atoms with Crippen LogP contribution in [0.1, 0.15) is 91.0 Å². The summed E-state index contributed by atoms with van der Waals surface area (Å²) in [5, 5.41) is 12.5. The van der Waals surface area contributed by atoms with Crippen molar-refractivity contribution < 1.29 is 38.5 Å². The van der Waals surface area contributed by atoms with Gasteiger partial charge in [-0.2, -0.15) is 11.8 Å². The van der Waals surface area contributed by atoms with Crippen molar-refractivity contribution in [3.63, 3.8) is 0 Å². The van der Waals surface area contributed by atoms with Crippen LogP contribution >= 0.6 is 11.8 Å². The number of esters is 1. The molecule has 0 spiro atoms. The Bertz CT molecular complexity index is 1170. The predicted molar refractivity (Wildman–Crippen MR) is 186 cm³/mol. The number of allylic oxidation sites excluding steroid dienone is 5. The van der Waals surface area contributed by atoms with E-state index in [1.54, 1.807) is 51.7 Å². The lowest BCUT2D eigenvalue weighted by molar-refractivity contribution is -0.760. The lowest BCUT2D eigenvalue weighted by Crippen LogP contribution is -2.50. The molecule has 264 valence electrons. The molecule has 1 rings (SSSR count). The molecule has 1 aromatic carbocycles. The van der Waals surface area contributed by atoms with Gasteiger partial charge in [-0.05, 0) is 45.8 Å². The fraction of sp³-hybridized carbons (Fsp3) is 0.600. The number of amides is 1. The fourth-order valence-electron chi connectivity index (χ4n) is 4.40. The number of unbranched alkanes of at least 4 members (excludes halogenated alkanes) is 8. The third kappa shape index (κ3) is 16.6. The van der Waals surface area contributed by atoms with Gasteiger partial charge in [-0.1, -0.05) is 70.1 Å². The second-order valence-corrected chi connectivity index (χ2v) is 12.6. The minimum absolute atomic E-state index is 0.133. The van der Waals surface area contributed by atoms with E-state index in [0.717, 1.165) is 24.8 Å². The SMILES string of the molecule is C/C=C/C=C(/C=C/CCCCCCCCCC)OC(=O)C(CSCc1c(OC)cc(OC)cc1OC)NC(=O)C(C)(C)CO[N+](=O)[O-]. The molecule has 1 N–H and O–H groups in total. The Morgan fingerprint density at radius 3 is 2.17 bits per heavy atom. The quantitative estimate of drug-likeness (QED) is 0.0273. The number of thioether (sulfide) groups is 1. The molecule has 0 heterocycles. The average molecular weight is 679 g/mol. The van der Waals surface area contributed by atoms with Gasteiger partial charge in [0.2, 0.25) is 5.91 Å². The summed E-state index contributed by atoms with van der Waals surface area (Å²) in [5.74, 6) is 1.25. The summed E-state index contributed by atoms with van der Waals surface area (Å²) in [4.78, 5) is 42.0. The van der Waals surface area contributed by atoms with Gasteiger partial charge in [-0.25, -0.2) is 4.79 Å². The molecule has 0 aromatic heterocycles. The molecular formula is C35H54N2O9S. The Kier molecular flexibility index (Phi) is 20.8. The standard InChI is InChI=1S/C35H54N2O9S/c1-8-10-12-13-14-15-16-17-18-19-21-27(20-11-9-2)46-33(38)30(36-34(39)35(3,4)26-45-37(40)41)25-47-24-29-31(43-6)22-28(42-5)23-32(29)44-7/h9,11,19-23,30H,8,10,12-18,24-26H2,1-7H3,(H,36,39)/b11-9+,21-19+,27-20-. The maximum Gasteiger partial charge on any atom is 0.334 e. The highest BCUT2D eigenvalue weighted by Gasteiger charge is 2.33. The summed E-state index contributed by atoms with van der Waals surface area (Å²) < 4.78 is 22.2. The summed E-state index contributed by atoms with van der Waals surface area (Å²) in [6.07, 6.45) is 19.7. The van der Waals surface area contributed by atoms with Crippen molar-refractivity contribution >= 4 is 23.6 Å². The third-order valence-corrected chi connectivity index (χ3v) is 8.32. The van der Waals surface area contributed by atoms with Gasteiger partial charge in [0.25, 0.3) is 5.09 Å². The van der Waals surface area contributed by atoms with E-state index in [9.17, 15) is 19.7 Å². The minimum atomic E-state index is -1.29. The van der Waals surface area contributed by atoms with Gasteiger partial charge in [0, 0.05) is 29.2 Å².